The summed E-state index contributed by atoms with van der Waals surface area (Å²) < 4.78 is 0. The summed E-state index contributed by atoms with van der Waals surface area (Å²) in [6.45, 7) is 0. The minimum absolute atomic E-state index is 0.0797. The molecule has 0 aromatic heterocycles. The van der Waals surface area contributed by atoms with E-state index in [4.69, 9.17) is 0 Å². The first-order chi connectivity index (χ1) is 10.5. The van der Waals surface area contributed by atoms with Crippen LogP contribution in [0, 0.1) is 34.0 Å². The molecule has 0 N–H and O–H groups in total. The van der Waals surface area contributed by atoms with Gasteiger partial charge in [0.05, 0.1) is 0 Å². The molecular weight excluding hydrogens is 274 g/mol. The molecule has 1 aromatic rings. The summed E-state index contributed by atoms with van der Waals surface area (Å²) in [6.07, 6.45) is 0. The molecule has 1 rings (SSSR count). The summed E-state index contributed by atoms with van der Waals surface area (Å²) in [4.78, 5) is 3.57. The van der Waals surface area contributed by atoms with Crippen molar-refractivity contribution < 1.29 is 0 Å². The Balaban J connectivity index is 3.85. The SMILES string of the molecule is CN(C)C(=C(C#N)C(=C(C#N)C#N)c1ccccc1)N(C)C. The van der Waals surface area contributed by atoms with E-state index in [1.165, 1.54) is 0 Å². The van der Waals surface area contributed by atoms with E-state index in [1.54, 1.807) is 21.9 Å². The van der Waals surface area contributed by atoms with Gasteiger partial charge >= 0.3 is 0 Å². The Hall–Kier alpha value is -3.23. The van der Waals surface area contributed by atoms with Crippen molar-refractivity contribution in [1.82, 2.24) is 9.80 Å². The molecule has 0 aliphatic heterocycles. The molecular formula is C17H17N5. The van der Waals surface area contributed by atoms with E-state index in [9.17, 15) is 15.8 Å². The second-order valence-corrected chi connectivity index (χ2v) is 4.94. The van der Waals surface area contributed by atoms with Crippen LogP contribution >= 0.6 is 0 Å². The topological polar surface area (TPSA) is 77.8 Å². The Morgan fingerprint density at radius 1 is 0.818 bits per heavy atom. The average Bonchev–Trinajstić information content (AvgIpc) is 2.50. The molecule has 0 bridgehead atoms. The highest BCUT2D eigenvalue weighted by atomic mass is 15.3. The lowest BCUT2D eigenvalue weighted by Gasteiger charge is -2.27. The van der Waals surface area contributed by atoms with Crippen LogP contribution in [0.25, 0.3) is 5.57 Å². The second kappa shape index (κ2) is 7.53. The molecule has 0 unspecified atom stereocenters. The van der Waals surface area contributed by atoms with Gasteiger partial charge in [-0.2, -0.15) is 15.8 Å². The fourth-order valence-corrected chi connectivity index (χ4v) is 2.22. The molecule has 0 amide bonds. The Labute approximate surface area is 131 Å². The van der Waals surface area contributed by atoms with Crippen molar-refractivity contribution in [3.63, 3.8) is 0 Å². The largest absolute Gasteiger partial charge is 0.363 e. The molecule has 0 saturated heterocycles. The molecule has 0 fully saturated rings. The van der Waals surface area contributed by atoms with Crippen LogP contribution in [0.2, 0.25) is 0 Å². The molecule has 0 saturated carbocycles. The van der Waals surface area contributed by atoms with Gasteiger partial charge in [0.15, 0.2) is 0 Å². The van der Waals surface area contributed by atoms with Crippen LogP contribution < -0.4 is 0 Å². The maximum atomic E-state index is 9.65. The predicted molar refractivity (Wildman–Crippen MR) is 84.6 cm³/mol. The van der Waals surface area contributed by atoms with Gasteiger partial charge in [0.25, 0.3) is 0 Å². The number of hydrogen-bond acceptors (Lipinski definition) is 5. The molecule has 1 aromatic carbocycles. The molecule has 0 heterocycles. The van der Waals surface area contributed by atoms with Crippen molar-refractivity contribution in [2.45, 2.75) is 0 Å². The highest BCUT2D eigenvalue weighted by molar-refractivity contribution is 5.89. The van der Waals surface area contributed by atoms with Crippen molar-refractivity contribution in [2.75, 3.05) is 28.2 Å². The molecule has 22 heavy (non-hydrogen) atoms. The lowest BCUT2D eigenvalue weighted by Crippen LogP contribution is -2.26. The zero-order valence-corrected chi connectivity index (χ0v) is 13.1. The van der Waals surface area contributed by atoms with Crippen LogP contribution in [0.5, 0.6) is 0 Å². The van der Waals surface area contributed by atoms with Crippen LogP contribution in [0.1, 0.15) is 5.56 Å². The van der Waals surface area contributed by atoms with E-state index < -0.39 is 0 Å². The number of nitrogens with zero attached hydrogens (tertiary/aromatic N) is 5. The third kappa shape index (κ3) is 3.45. The monoisotopic (exact) mass is 291 g/mol. The van der Waals surface area contributed by atoms with E-state index in [2.05, 4.69) is 6.07 Å². The highest BCUT2D eigenvalue weighted by Gasteiger charge is 2.21. The minimum atomic E-state index is -0.0797. The Kier molecular flexibility index (Phi) is 5.75. The number of hydrogen-bond donors (Lipinski definition) is 0. The summed E-state index contributed by atoms with van der Waals surface area (Å²) in [7, 11) is 7.25. The van der Waals surface area contributed by atoms with Crippen LogP contribution in [0.4, 0.5) is 0 Å². The molecule has 5 heteroatoms. The molecule has 0 aliphatic carbocycles. The van der Waals surface area contributed by atoms with Gasteiger partial charge in [0.2, 0.25) is 0 Å². The van der Waals surface area contributed by atoms with Gasteiger partial charge in [0, 0.05) is 33.8 Å². The predicted octanol–water partition coefficient (Wildman–Crippen LogP) is 2.35. The van der Waals surface area contributed by atoms with Gasteiger partial charge in [-0.05, 0) is 5.56 Å². The molecule has 0 atom stereocenters. The highest BCUT2D eigenvalue weighted by Crippen LogP contribution is 2.29. The first-order valence-electron chi connectivity index (χ1n) is 6.57. The van der Waals surface area contributed by atoms with Gasteiger partial charge in [-0.3, -0.25) is 0 Å². The smallest absolute Gasteiger partial charge is 0.138 e. The molecule has 0 spiro atoms. The third-order valence-electron chi connectivity index (χ3n) is 2.97. The lowest BCUT2D eigenvalue weighted by atomic mass is 9.93. The first-order valence-corrected chi connectivity index (χ1v) is 6.57. The van der Waals surface area contributed by atoms with E-state index >= 15 is 0 Å². The van der Waals surface area contributed by atoms with E-state index in [0.717, 1.165) is 0 Å². The van der Waals surface area contributed by atoms with Crippen LogP contribution in [-0.4, -0.2) is 38.0 Å². The van der Waals surface area contributed by atoms with Crippen molar-refractivity contribution >= 4 is 5.57 Å². The Bertz CT molecular complexity index is 693. The minimum Gasteiger partial charge on any atom is -0.363 e. The lowest BCUT2D eigenvalue weighted by molar-refractivity contribution is 0.340. The summed E-state index contributed by atoms with van der Waals surface area (Å²) >= 11 is 0. The van der Waals surface area contributed by atoms with Gasteiger partial charge in [-0.15, -0.1) is 0 Å². The Morgan fingerprint density at radius 3 is 1.68 bits per heavy atom. The van der Waals surface area contributed by atoms with Gasteiger partial charge < -0.3 is 9.80 Å². The quantitative estimate of drug-likeness (QED) is 0.628. The molecule has 110 valence electrons. The van der Waals surface area contributed by atoms with E-state index in [0.29, 0.717) is 22.5 Å². The Morgan fingerprint density at radius 2 is 1.32 bits per heavy atom. The maximum absolute atomic E-state index is 9.65. The van der Waals surface area contributed by atoms with Crippen molar-refractivity contribution in [3.8, 4) is 18.2 Å². The third-order valence-corrected chi connectivity index (χ3v) is 2.97. The van der Waals surface area contributed by atoms with Gasteiger partial charge in [0.1, 0.15) is 35.2 Å². The zero-order chi connectivity index (χ0) is 16.7. The average molecular weight is 291 g/mol. The summed E-state index contributed by atoms with van der Waals surface area (Å²) in [5, 5.41) is 28.2. The standard InChI is InChI=1S/C17H17N5/c1-21(2)17(22(3)4)15(12-20)16(14(10-18)11-19)13-8-6-5-7-9-13/h5-9H,1-4H3. The van der Waals surface area contributed by atoms with Crippen LogP contribution in [-0.2, 0) is 0 Å². The van der Waals surface area contributed by atoms with E-state index in [-0.39, 0.29) is 5.57 Å². The fraction of sp³-hybridized carbons (Fsp3) is 0.235. The van der Waals surface area contributed by atoms with E-state index in [1.807, 2.05) is 58.5 Å². The van der Waals surface area contributed by atoms with Crippen LogP contribution in [0.3, 0.4) is 0 Å². The molecule has 5 nitrogen and oxygen atoms in total. The number of allylic oxidation sites excluding steroid dienone is 3. The fourth-order valence-electron chi connectivity index (χ4n) is 2.22. The molecule has 0 aliphatic rings. The normalized spacial score (nSPS) is 8.77. The van der Waals surface area contributed by atoms with Gasteiger partial charge in [-0.25, -0.2) is 0 Å². The van der Waals surface area contributed by atoms with Crippen molar-refractivity contribution in [3.05, 3.63) is 52.9 Å². The van der Waals surface area contributed by atoms with Crippen molar-refractivity contribution in [2.24, 2.45) is 0 Å². The first kappa shape index (κ1) is 16.8. The summed E-state index contributed by atoms with van der Waals surface area (Å²) in [5.41, 5.74) is 1.23. The van der Waals surface area contributed by atoms with Crippen molar-refractivity contribution in [1.29, 1.82) is 15.8 Å². The summed E-state index contributed by atoms with van der Waals surface area (Å²) in [5.74, 6) is 0.629. The molecule has 0 radical (unpaired) electrons. The zero-order valence-electron chi connectivity index (χ0n) is 13.1. The maximum Gasteiger partial charge on any atom is 0.138 e. The number of rotatable bonds is 4. The number of nitriles is 3. The van der Waals surface area contributed by atoms with Gasteiger partial charge in [-0.1, -0.05) is 30.3 Å². The summed E-state index contributed by atoms with van der Waals surface area (Å²) in [6, 6.07) is 15.0. The van der Waals surface area contributed by atoms with Crippen LogP contribution in [0.15, 0.2) is 47.3 Å². The number of benzene rings is 1. The second-order valence-electron chi connectivity index (χ2n) is 4.94.